The maximum Gasteiger partial charge on any atom is 0.319 e. The van der Waals surface area contributed by atoms with Crippen LogP contribution in [0.25, 0.3) is 0 Å². The second-order valence-electron chi connectivity index (χ2n) is 5.33. The SMILES string of the molecule is COc1ncnc(N(C)C)c1NC(=O)NCCC(=O)NC(C)C. The summed E-state index contributed by atoms with van der Waals surface area (Å²) in [5.41, 5.74) is 0.365. The van der Waals surface area contributed by atoms with E-state index >= 15 is 0 Å². The zero-order valence-corrected chi connectivity index (χ0v) is 14.1. The highest BCUT2D eigenvalue weighted by atomic mass is 16.5. The van der Waals surface area contributed by atoms with E-state index in [4.69, 9.17) is 4.74 Å². The van der Waals surface area contributed by atoms with Crippen LogP contribution < -0.4 is 25.6 Å². The fourth-order valence-corrected chi connectivity index (χ4v) is 1.81. The normalized spacial score (nSPS) is 10.2. The lowest BCUT2D eigenvalue weighted by Gasteiger charge is -2.18. The van der Waals surface area contributed by atoms with E-state index in [0.717, 1.165) is 0 Å². The molecule has 0 spiro atoms. The van der Waals surface area contributed by atoms with Gasteiger partial charge in [-0.25, -0.2) is 9.78 Å². The van der Waals surface area contributed by atoms with Crippen LogP contribution in [-0.4, -0.2) is 55.7 Å². The van der Waals surface area contributed by atoms with Gasteiger partial charge >= 0.3 is 6.03 Å². The van der Waals surface area contributed by atoms with Crippen molar-refractivity contribution >= 4 is 23.4 Å². The summed E-state index contributed by atoms with van der Waals surface area (Å²) in [5, 5.41) is 8.02. The van der Waals surface area contributed by atoms with Crippen molar-refractivity contribution in [1.82, 2.24) is 20.6 Å². The topological polar surface area (TPSA) is 108 Å². The van der Waals surface area contributed by atoms with Gasteiger partial charge in [0.05, 0.1) is 7.11 Å². The number of nitrogens with one attached hydrogen (secondary N) is 3. The van der Waals surface area contributed by atoms with E-state index in [1.54, 1.807) is 19.0 Å². The zero-order valence-electron chi connectivity index (χ0n) is 14.1. The summed E-state index contributed by atoms with van der Waals surface area (Å²) >= 11 is 0. The molecule has 0 aliphatic rings. The smallest absolute Gasteiger partial charge is 0.319 e. The fourth-order valence-electron chi connectivity index (χ4n) is 1.81. The molecule has 1 aromatic heterocycles. The Morgan fingerprint density at radius 1 is 1.30 bits per heavy atom. The van der Waals surface area contributed by atoms with E-state index in [1.807, 2.05) is 13.8 Å². The van der Waals surface area contributed by atoms with Gasteiger partial charge in [0, 0.05) is 33.1 Å². The van der Waals surface area contributed by atoms with Gasteiger partial charge < -0.3 is 25.6 Å². The Hall–Kier alpha value is -2.58. The van der Waals surface area contributed by atoms with Crippen molar-refractivity contribution in [2.75, 3.05) is 38.0 Å². The first-order chi connectivity index (χ1) is 10.8. The summed E-state index contributed by atoms with van der Waals surface area (Å²) in [4.78, 5) is 33.3. The molecule has 0 aliphatic carbocycles. The predicted molar refractivity (Wildman–Crippen MR) is 87.8 cm³/mol. The molecule has 0 fully saturated rings. The molecule has 128 valence electrons. The minimum atomic E-state index is -0.460. The third-order valence-corrected chi connectivity index (χ3v) is 2.74. The number of hydrogen-bond donors (Lipinski definition) is 3. The van der Waals surface area contributed by atoms with Crippen molar-refractivity contribution in [2.24, 2.45) is 0 Å². The summed E-state index contributed by atoms with van der Waals surface area (Å²) in [5.74, 6) is 0.663. The van der Waals surface area contributed by atoms with Gasteiger partial charge in [0.2, 0.25) is 11.8 Å². The molecule has 0 radical (unpaired) electrons. The second kappa shape index (κ2) is 8.76. The minimum Gasteiger partial charge on any atom is -0.479 e. The van der Waals surface area contributed by atoms with Crippen LogP contribution in [-0.2, 0) is 4.79 Å². The van der Waals surface area contributed by atoms with Gasteiger partial charge in [0.1, 0.15) is 12.0 Å². The summed E-state index contributed by atoms with van der Waals surface area (Å²) in [6.45, 7) is 3.97. The molecule has 0 bridgehead atoms. The number of carbonyl (C=O) groups excluding carboxylic acids is 2. The molecular formula is C14H24N6O3. The summed E-state index contributed by atoms with van der Waals surface area (Å²) in [6.07, 6.45) is 1.56. The summed E-state index contributed by atoms with van der Waals surface area (Å²) in [6, 6.07) is -0.386. The largest absolute Gasteiger partial charge is 0.479 e. The highest BCUT2D eigenvalue weighted by Gasteiger charge is 2.16. The number of methoxy groups -OCH3 is 1. The maximum atomic E-state index is 12.0. The van der Waals surface area contributed by atoms with Crippen LogP contribution in [0.2, 0.25) is 0 Å². The first-order valence-electron chi connectivity index (χ1n) is 7.25. The Morgan fingerprint density at radius 2 is 2.00 bits per heavy atom. The van der Waals surface area contributed by atoms with Gasteiger partial charge in [-0.1, -0.05) is 0 Å². The molecule has 1 rings (SSSR count). The Morgan fingerprint density at radius 3 is 2.57 bits per heavy atom. The number of nitrogens with zero attached hydrogens (tertiary/aromatic N) is 3. The van der Waals surface area contributed by atoms with E-state index in [1.165, 1.54) is 13.4 Å². The molecule has 9 nitrogen and oxygen atoms in total. The first-order valence-corrected chi connectivity index (χ1v) is 7.25. The number of aromatic nitrogens is 2. The lowest BCUT2D eigenvalue weighted by Crippen LogP contribution is -2.35. The molecule has 0 unspecified atom stereocenters. The summed E-state index contributed by atoms with van der Waals surface area (Å²) in [7, 11) is 5.04. The van der Waals surface area contributed by atoms with Crippen LogP contribution in [0.1, 0.15) is 20.3 Å². The highest BCUT2D eigenvalue weighted by molar-refractivity contribution is 5.94. The first kappa shape index (κ1) is 18.5. The van der Waals surface area contributed by atoms with Crippen molar-refractivity contribution in [3.8, 4) is 5.88 Å². The number of urea groups is 1. The van der Waals surface area contributed by atoms with Crippen molar-refractivity contribution in [1.29, 1.82) is 0 Å². The Balaban J connectivity index is 2.62. The van der Waals surface area contributed by atoms with Gasteiger partial charge in [0.25, 0.3) is 0 Å². The van der Waals surface area contributed by atoms with Crippen molar-refractivity contribution in [3.05, 3.63) is 6.33 Å². The van der Waals surface area contributed by atoms with E-state index in [0.29, 0.717) is 11.5 Å². The van der Waals surface area contributed by atoms with E-state index in [-0.39, 0.29) is 30.8 Å². The molecule has 0 aromatic carbocycles. The summed E-state index contributed by atoms with van der Waals surface area (Å²) < 4.78 is 5.14. The second-order valence-corrected chi connectivity index (χ2v) is 5.33. The standard InChI is InChI=1S/C14H24N6O3/c1-9(2)18-10(21)6-7-15-14(22)19-11-12(20(3)4)16-8-17-13(11)23-5/h8-9H,6-7H2,1-5H3,(H,18,21)(H2,15,19,22). The van der Waals surface area contributed by atoms with Crippen LogP contribution in [0, 0.1) is 0 Å². The van der Waals surface area contributed by atoms with Crippen molar-refractivity contribution < 1.29 is 14.3 Å². The monoisotopic (exact) mass is 324 g/mol. The molecule has 0 aliphatic heterocycles. The number of carbonyl (C=O) groups is 2. The fraction of sp³-hybridized carbons (Fsp3) is 0.571. The molecule has 0 saturated heterocycles. The van der Waals surface area contributed by atoms with E-state index in [2.05, 4.69) is 25.9 Å². The molecule has 3 N–H and O–H groups in total. The molecule has 23 heavy (non-hydrogen) atoms. The molecule has 1 aromatic rings. The van der Waals surface area contributed by atoms with E-state index in [9.17, 15) is 9.59 Å². The molecule has 0 saturated carbocycles. The van der Waals surface area contributed by atoms with E-state index < -0.39 is 6.03 Å². The van der Waals surface area contributed by atoms with Crippen LogP contribution in [0.5, 0.6) is 5.88 Å². The number of rotatable bonds is 7. The molecular weight excluding hydrogens is 300 g/mol. The minimum absolute atomic E-state index is 0.0738. The van der Waals surface area contributed by atoms with Crippen LogP contribution in [0.3, 0.4) is 0 Å². The molecule has 3 amide bonds. The average Bonchev–Trinajstić information content (AvgIpc) is 2.46. The third kappa shape index (κ3) is 5.97. The molecule has 0 atom stereocenters. The number of ether oxygens (including phenoxy) is 1. The van der Waals surface area contributed by atoms with Crippen molar-refractivity contribution in [2.45, 2.75) is 26.3 Å². The van der Waals surface area contributed by atoms with Crippen molar-refractivity contribution in [3.63, 3.8) is 0 Å². The number of hydrogen-bond acceptors (Lipinski definition) is 6. The number of anilines is 2. The Bertz CT molecular complexity index is 547. The maximum absolute atomic E-state index is 12.0. The lowest BCUT2D eigenvalue weighted by atomic mass is 10.3. The van der Waals surface area contributed by atoms with Gasteiger partial charge in [-0.05, 0) is 13.8 Å². The third-order valence-electron chi connectivity index (χ3n) is 2.74. The van der Waals surface area contributed by atoms with Gasteiger partial charge in [-0.3, -0.25) is 4.79 Å². The van der Waals surface area contributed by atoms with Crippen LogP contribution in [0.4, 0.5) is 16.3 Å². The van der Waals surface area contributed by atoms with Crippen LogP contribution in [0.15, 0.2) is 6.33 Å². The molecule has 1 heterocycles. The quantitative estimate of drug-likeness (QED) is 0.677. The highest BCUT2D eigenvalue weighted by Crippen LogP contribution is 2.29. The Kier molecular flexibility index (Phi) is 7.04. The number of amides is 3. The van der Waals surface area contributed by atoms with Gasteiger partial charge in [-0.2, -0.15) is 4.98 Å². The average molecular weight is 324 g/mol. The van der Waals surface area contributed by atoms with Crippen LogP contribution >= 0.6 is 0 Å². The predicted octanol–water partition coefficient (Wildman–Crippen LogP) is 0.587. The van der Waals surface area contributed by atoms with Gasteiger partial charge in [-0.15, -0.1) is 0 Å². The molecule has 9 heteroatoms. The Labute approximate surface area is 135 Å². The van der Waals surface area contributed by atoms with Gasteiger partial charge in [0.15, 0.2) is 5.82 Å². The lowest BCUT2D eigenvalue weighted by molar-refractivity contribution is -0.121. The zero-order chi connectivity index (χ0) is 17.4.